The Kier molecular flexibility index (Phi) is 4.26. The van der Waals surface area contributed by atoms with Crippen molar-refractivity contribution < 1.29 is 9.53 Å². The van der Waals surface area contributed by atoms with Crippen molar-refractivity contribution >= 4 is 17.9 Å². The first-order valence-electron chi connectivity index (χ1n) is 7.41. The number of hydrogen-bond donors (Lipinski definition) is 2. The number of cyclic esters (lactones) is 1. The van der Waals surface area contributed by atoms with Gasteiger partial charge in [0.25, 0.3) is 0 Å². The van der Waals surface area contributed by atoms with Crippen molar-refractivity contribution in [3.8, 4) is 11.3 Å². The Morgan fingerprint density at radius 1 is 1.48 bits per heavy atom. The van der Waals surface area contributed by atoms with Crippen molar-refractivity contribution in [2.75, 3.05) is 37.3 Å². The average molecular weight is 317 g/mol. The van der Waals surface area contributed by atoms with Gasteiger partial charge in [0.1, 0.15) is 5.82 Å². The van der Waals surface area contributed by atoms with Crippen LogP contribution in [0.2, 0.25) is 0 Å². The molecule has 9 heteroatoms. The summed E-state index contributed by atoms with van der Waals surface area (Å²) in [6.45, 7) is 2.30. The molecule has 23 heavy (non-hydrogen) atoms. The summed E-state index contributed by atoms with van der Waals surface area (Å²) >= 11 is 0. The lowest BCUT2D eigenvalue weighted by atomic mass is 10.2. The van der Waals surface area contributed by atoms with Gasteiger partial charge in [0.05, 0.1) is 24.1 Å². The molecule has 1 fully saturated rings. The Hall–Kier alpha value is -2.84. The third-order valence-corrected chi connectivity index (χ3v) is 3.64. The number of amides is 1. The molecule has 0 aliphatic carbocycles. The first-order valence-corrected chi connectivity index (χ1v) is 7.41. The molecule has 0 unspecified atom stereocenters. The summed E-state index contributed by atoms with van der Waals surface area (Å²) in [5, 5.41) is 7.22. The Labute approximate surface area is 133 Å². The molecule has 1 aliphatic rings. The quantitative estimate of drug-likeness (QED) is 0.835. The second-order valence-electron chi connectivity index (χ2n) is 5.21. The van der Waals surface area contributed by atoms with E-state index < -0.39 is 0 Å². The molecule has 3 N–H and O–H groups in total. The molecule has 2 aromatic rings. The van der Waals surface area contributed by atoms with Crippen LogP contribution in [0.4, 0.5) is 16.6 Å². The Bertz CT molecular complexity index is 700. The van der Waals surface area contributed by atoms with E-state index in [0.717, 1.165) is 12.0 Å². The second-order valence-corrected chi connectivity index (χ2v) is 5.21. The van der Waals surface area contributed by atoms with Crippen LogP contribution in [-0.4, -0.2) is 57.0 Å². The minimum Gasteiger partial charge on any atom is -0.449 e. The number of aryl methyl sites for hydroxylation is 1. The molecule has 0 bridgehead atoms. The first kappa shape index (κ1) is 15.1. The summed E-state index contributed by atoms with van der Waals surface area (Å²) in [7, 11) is 1.77. The zero-order valence-corrected chi connectivity index (χ0v) is 12.9. The molecule has 2 aromatic heterocycles. The van der Waals surface area contributed by atoms with E-state index in [2.05, 4.69) is 20.4 Å². The summed E-state index contributed by atoms with van der Waals surface area (Å²) in [5.41, 5.74) is 7.42. The number of rotatable bonds is 5. The van der Waals surface area contributed by atoms with Crippen molar-refractivity contribution in [1.82, 2.24) is 24.6 Å². The van der Waals surface area contributed by atoms with E-state index >= 15 is 0 Å². The number of ether oxygens (including phenoxy) is 1. The summed E-state index contributed by atoms with van der Waals surface area (Å²) in [6.07, 6.45) is 3.92. The van der Waals surface area contributed by atoms with Crippen LogP contribution in [-0.2, 0) is 11.8 Å². The number of carbonyl (C=O) groups is 1. The number of aromatic nitrogens is 4. The van der Waals surface area contributed by atoms with Gasteiger partial charge >= 0.3 is 6.09 Å². The van der Waals surface area contributed by atoms with Gasteiger partial charge in [0, 0.05) is 32.9 Å². The Morgan fingerprint density at radius 3 is 3.09 bits per heavy atom. The summed E-state index contributed by atoms with van der Waals surface area (Å²) in [4.78, 5) is 21.8. The van der Waals surface area contributed by atoms with E-state index in [0.29, 0.717) is 43.7 Å². The predicted octanol–water partition coefficient (Wildman–Crippen LogP) is 0.713. The van der Waals surface area contributed by atoms with Crippen LogP contribution in [0.3, 0.4) is 0 Å². The van der Waals surface area contributed by atoms with E-state index in [1.165, 1.54) is 0 Å². The van der Waals surface area contributed by atoms with Crippen LogP contribution >= 0.6 is 0 Å². The molecule has 0 saturated carbocycles. The van der Waals surface area contributed by atoms with Crippen molar-refractivity contribution in [3.05, 3.63) is 18.5 Å². The highest BCUT2D eigenvalue weighted by Crippen LogP contribution is 2.23. The van der Waals surface area contributed by atoms with Crippen LogP contribution < -0.4 is 11.1 Å². The van der Waals surface area contributed by atoms with E-state index in [1.54, 1.807) is 35.1 Å². The summed E-state index contributed by atoms with van der Waals surface area (Å²) < 4.78 is 6.58. The summed E-state index contributed by atoms with van der Waals surface area (Å²) in [5.74, 6) is 1.03. The third-order valence-electron chi connectivity index (χ3n) is 3.64. The molecule has 122 valence electrons. The van der Waals surface area contributed by atoms with E-state index in [-0.39, 0.29) is 6.09 Å². The van der Waals surface area contributed by atoms with Gasteiger partial charge in [-0.2, -0.15) is 5.10 Å². The minimum absolute atomic E-state index is 0.268. The topological polar surface area (TPSA) is 111 Å². The zero-order chi connectivity index (χ0) is 16.2. The van der Waals surface area contributed by atoms with Crippen LogP contribution in [0.1, 0.15) is 6.42 Å². The van der Waals surface area contributed by atoms with E-state index in [4.69, 9.17) is 10.5 Å². The first-order chi connectivity index (χ1) is 11.1. The number of nitrogen functional groups attached to an aromatic ring is 1. The molecule has 9 nitrogen and oxygen atoms in total. The molecule has 0 radical (unpaired) electrons. The second kappa shape index (κ2) is 6.51. The van der Waals surface area contributed by atoms with E-state index in [9.17, 15) is 4.79 Å². The highest BCUT2D eigenvalue weighted by atomic mass is 16.6. The number of nitrogens with two attached hydrogens (primary N) is 1. The van der Waals surface area contributed by atoms with Gasteiger partial charge in [-0.25, -0.2) is 14.8 Å². The van der Waals surface area contributed by atoms with Crippen molar-refractivity contribution in [2.45, 2.75) is 6.42 Å². The number of nitrogens with one attached hydrogen (secondary N) is 1. The molecule has 1 amide bonds. The van der Waals surface area contributed by atoms with Gasteiger partial charge in [-0.1, -0.05) is 0 Å². The smallest absolute Gasteiger partial charge is 0.409 e. The lowest BCUT2D eigenvalue weighted by Crippen LogP contribution is -2.40. The number of hydrogen-bond acceptors (Lipinski definition) is 7. The number of nitrogens with zero attached hydrogens (tertiary/aromatic N) is 5. The standard InChI is InChI=1S/C14H19N7O2/c1-20-12(15)10(9-18-20)11-3-4-16-13(19-11)17-5-7-21-6-2-8-23-14(21)22/h3-4,9H,2,5-8,15H2,1H3,(H,16,17,19). The largest absolute Gasteiger partial charge is 0.449 e. The van der Waals surface area contributed by atoms with Gasteiger partial charge in [0.2, 0.25) is 5.95 Å². The SMILES string of the molecule is Cn1ncc(-c2ccnc(NCCN3CCCOC3=O)n2)c1N. The fraction of sp³-hybridized carbons (Fsp3) is 0.429. The van der Waals surface area contributed by atoms with Crippen molar-refractivity contribution in [3.63, 3.8) is 0 Å². The molecular formula is C14H19N7O2. The zero-order valence-electron chi connectivity index (χ0n) is 12.9. The maximum absolute atomic E-state index is 11.5. The molecule has 1 saturated heterocycles. The van der Waals surface area contributed by atoms with Gasteiger partial charge in [-0.15, -0.1) is 0 Å². The van der Waals surface area contributed by atoms with Crippen molar-refractivity contribution in [1.29, 1.82) is 0 Å². The van der Waals surface area contributed by atoms with E-state index in [1.807, 2.05) is 0 Å². The Balaban J connectivity index is 1.62. The maximum Gasteiger partial charge on any atom is 0.409 e. The van der Waals surface area contributed by atoms with Crippen LogP contribution in [0.5, 0.6) is 0 Å². The van der Waals surface area contributed by atoms with Crippen LogP contribution in [0.15, 0.2) is 18.5 Å². The van der Waals surface area contributed by atoms with Gasteiger partial charge in [0.15, 0.2) is 0 Å². The Morgan fingerprint density at radius 2 is 2.35 bits per heavy atom. The van der Waals surface area contributed by atoms with Gasteiger partial charge < -0.3 is 20.7 Å². The lowest BCUT2D eigenvalue weighted by molar-refractivity contribution is 0.0746. The molecule has 0 atom stereocenters. The van der Waals surface area contributed by atoms with Gasteiger partial charge in [-0.3, -0.25) is 4.68 Å². The molecule has 0 spiro atoms. The maximum atomic E-state index is 11.5. The number of carbonyl (C=O) groups excluding carboxylic acids is 1. The van der Waals surface area contributed by atoms with Crippen molar-refractivity contribution in [2.24, 2.45) is 7.05 Å². The highest BCUT2D eigenvalue weighted by Gasteiger charge is 2.18. The van der Waals surface area contributed by atoms with Crippen LogP contribution in [0.25, 0.3) is 11.3 Å². The normalized spacial score (nSPS) is 14.7. The molecule has 0 aromatic carbocycles. The lowest BCUT2D eigenvalue weighted by Gasteiger charge is -2.26. The van der Waals surface area contributed by atoms with Gasteiger partial charge in [-0.05, 0) is 12.5 Å². The molecule has 1 aliphatic heterocycles. The summed E-state index contributed by atoms with van der Waals surface area (Å²) in [6, 6.07) is 1.78. The average Bonchev–Trinajstić information content (AvgIpc) is 2.89. The minimum atomic E-state index is -0.268. The predicted molar refractivity (Wildman–Crippen MR) is 84.7 cm³/mol. The number of anilines is 2. The third kappa shape index (κ3) is 3.33. The van der Waals surface area contributed by atoms with Crippen LogP contribution in [0, 0.1) is 0 Å². The molecular weight excluding hydrogens is 298 g/mol. The molecule has 3 heterocycles. The highest BCUT2D eigenvalue weighted by molar-refractivity contribution is 5.71. The molecule has 3 rings (SSSR count). The fourth-order valence-corrected chi connectivity index (χ4v) is 2.34. The fourth-order valence-electron chi connectivity index (χ4n) is 2.34. The monoisotopic (exact) mass is 317 g/mol.